The number of nitrogens with zero attached hydrogens (tertiary/aromatic N) is 4. The molecule has 0 fully saturated rings. The zero-order valence-electron chi connectivity index (χ0n) is 17.1. The topological polar surface area (TPSA) is 188 Å². The van der Waals surface area contributed by atoms with Gasteiger partial charge in [-0.25, -0.2) is 0 Å². The zero-order valence-corrected chi connectivity index (χ0v) is 21.1. The number of carbonyl (C=O) groups excluding carboxylic acids is 2. The van der Waals surface area contributed by atoms with Crippen LogP contribution >= 0.6 is 0 Å². The largest absolute Gasteiger partial charge is 2.00 e. The fraction of sp³-hybridized carbons (Fsp3) is 0. The van der Waals surface area contributed by atoms with E-state index in [1.54, 1.807) is 36.7 Å². The van der Waals surface area contributed by atoms with E-state index in [1.807, 2.05) is 0 Å². The molecular formula is C22H16CdN4O6+2. The van der Waals surface area contributed by atoms with E-state index in [2.05, 4.69) is 19.9 Å². The van der Waals surface area contributed by atoms with Gasteiger partial charge in [-0.2, -0.15) is 0 Å². The molecule has 4 aromatic heterocycles. The molecule has 0 bridgehead atoms. The summed E-state index contributed by atoms with van der Waals surface area (Å²) in [6, 6.07) is 12.4. The van der Waals surface area contributed by atoms with Crippen molar-refractivity contribution >= 4 is 11.6 Å². The van der Waals surface area contributed by atoms with Gasteiger partial charge in [0.05, 0.1) is 22.5 Å². The molecule has 0 saturated heterocycles. The van der Waals surface area contributed by atoms with E-state index in [0.717, 1.165) is 0 Å². The average Bonchev–Trinajstić information content (AvgIpc) is 3.21. The second kappa shape index (κ2) is 9.89. The summed E-state index contributed by atoms with van der Waals surface area (Å²) in [5.74, 6) is -0.221. The summed E-state index contributed by atoms with van der Waals surface area (Å²) in [4.78, 5) is 61.6. The monoisotopic (exact) mass is 546 g/mol. The van der Waals surface area contributed by atoms with Crippen LogP contribution in [0.25, 0.3) is 22.8 Å². The summed E-state index contributed by atoms with van der Waals surface area (Å²) < 4.78 is 0. The van der Waals surface area contributed by atoms with Crippen LogP contribution in [0.5, 0.6) is 0 Å². The molecule has 6 rings (SSSR count). The van der Waals surface area contributed by atoms with Crippen molar-refractivity contribution in [2.75, 3.05) is 0 Å². The second-order valence-corrected chi connectivity index (χ2v) is 6.55. The summed E-state index contributed by atoms with van der Waals surface area (Å²) in [7, 11) is 0. The van der Waals surface area contributed by atoms with Gasteiger partial charge in [-0.15, -0.1) is 0 Å². The van der Waals surface area contributed by atoms with Gasteiger partial charge in [-0.3, -0.25) is 19.6 Å². The average molecular weight is 545 g/mol. The Balaban J connectivity index is 0.000000214. The fourth-order valence-corrected chi connectivity index (χ4v) is 3.45. The minimum Gasteiger partial charge on any atom is -0.621 e. The minimum absolute atomic E-state index is 0. The first kappa shape index (κ1) is 25.6. The maximum Gasteiger partial charge on any atom is 2.00 e. The van der Waals surface area contributed by atoms with Gasteiger partial charge in [0.15, 0.2) is 11.6 Å². The van der Waals surface area contributed by atoms with Gasteiger partial charge in [0.25, 0.3) is 0 Å². The van der Waals surface area contributed by atoms with Crippen molar-refractivity contribution in [3.63, 3.8) is 0 Å². The molecule has 0 aliphatic heterocycles. The van der Waals surface area contributed by atoms with Crippen LogP contribution in [-0.4, -0.2) is 21.5 Å². The van der Waals surface area contributed by atoms with E-state index in [-0.39, 0.29) is 60.9 Å². The van der Waals surface area contributed by atoms with Crippen molar-refractivity contribution in [2.45, 2.75) is 0 Å². The molecule has 2 aliphatic carbocycles. The van der Waals surface area contributed by atoms with Crippen LogP contribution in [0.3, 0.4) is 0 Å². The van der Waals surface area contributed by atoms with E-state index < -0.39 is 0 Å². The van der Waals surface area contributed by atoms with Crippen molar-refractivity contribution in [1.29, 1.82) is 0 Å². The van der Waals surface area contributed by atoms with E-state index >= 15 is 0 Å². The first-order chi connectivity index (χ1) is 14.5. The molecule has 160 valence electrons. The van der Waals surface area contributed by atoms with Gasteiger partial charge in [0, 0.05) is 34.6 Å². The Morgan fingerprint density at radius 1 is 0.545 bits per heavy atom. The minimum atomic E-state index is -0.347. The molecule has 0 saturated carbocycles. The molecule has 4 heterocycles. The van der Waals surface area contributed by atoms with Crippen molar-refractivity contribution in [3.05, 3.63) is 104 Å². The fourth-order valence-electron chi connectivity index (χ4n) is 3.45. The van der Waals surface area contributed by atoms with Gasteiger partial charge in [0.2, 0.25) is 0 Å². The van der Waals surface area contributed by atoms with E-state index in [9.17, 15) is 19.2 Å². The third-order valence-electron chi connectivity index (χ3n) is 4.78. The Hall–Kier alpha value is -3.62. The molecule has 2 aliphatic rings. The van der Waals surface area contributed by atoms with Crippen molar-refractivity contribution in [1.82, 2.24) is 19.9 Å². The molecular weight excluding hydrogens is 529 g/mol. The van der Waals surface area contributed by atoms with Gasteiger partial charge < -0.3 is 30.5 Å². The van der Waals surface area contributed by atoms with Gasteiger partial charge in [0.1, 0.15) is 0 Å². The summed E-state index contributed by atoms with van der Waals surface area (Å²) in [6.45, 7) is 0. The molecule has 33 heavy (non-hydrogen) atoms. The number of aromatic nitrogens is 4. The SMILES string of the molecule is O=C1c2cccnc2-c2[n-]c(=O)ccc21.O=C1c2cccnc2-c2[n-]c(=O)ccc21.[Cd+2].[OH3+].[OH3+]. The first-order valence-corrected chi connectivity index (χ1v) is 8.91. The standard InChI is InChI=1S/2C11H6N2O2.Cd.2H2O/c2*14-8-4-3-7-10(13-8)9-6(11(7)15)2-1-5-12-9;;;/h2*1-5H,(H,13,14,15);;2*1H2/q;;+2;;. The van der Waals surface area contributed by atoms with Crippen LogP contribution in [-0.2, 0) is 38.3 Å². The van der Waals surface area contributed by atoms with Crippen LogP contribution in [0.4, 0.5) is 0 Å². The number of hydrogen-bond acceptors (Lipinski definition) is 6. The Kier molecular flexibility index (Phi) is 7.69. The summed E-state index contributed by atoms with van der Waals surface area (Å²) in [5.41, 5.74) is 3.10. The number of pyridine rings is 4. The molecule has 4 aromatic rings. The number of rotatable bonds is 0. The summed E-state index contributed by atoms with van der Waals surface area (Å²) in [5, 5.41) is 0. The first-order valence-electron chi connectivity index (χ1n) is 8.91. The third kappa shape index (κ3) is 4.22. The van der Waals surface area contributed by atoms with Crippen molar-refractivity contribution in [3.8, 4) is 22.8 Å². The quantitative estimate of drug-likeness (QED) is 0.178. The van der Waals surface area contributed by atoms with E-state index in [4.69, 9.17) is 0 Å². The third-order valence-corrected chi connectivity index (χ3v) is 4.78. The number of hydrogen-bond donors (Lipinski definition) is 0. The molecule has 6 N–H and O–H groups in total. The maximum absolute atomic E-state index is 11.8. The summed E-state index contributed by atoms with van der Waals surface area (Å²) >= 11 is 0. The van der Waals surface area contributed by atoms with Crippen LogP contribution in [0.15, 0.2) is 70.5 Å². The zero-order chi connectivity index (χ0) is 20.8. The molecule has 0 aromatic carbocycles. The van der Waals surface area contributed by atoms with E-state index in [1.165, 1.54) is 24.3 Å². The molecule has 0 atom stereocenters. The normalized spacial score (nSPS) is 11.3. The number of carbonyl (C=O) groups is 2. The van der Waals surface area contributed by atoms with Crippen LogP contribution < -0.4 is 21.1 Å². The van der Waals surface area contributed by atoms with Crippen LogP contribution in [0.2, 0.25) is 0 Å². The van der Waals surface area contributed by atoms with Crippen LogP contribution in [0, 0.1) is 0 Å². The molecule has 0 unspecified atom stereocenters. The van der Waals surface area contributed by atoms with E-state index in [0.29, 0.717) is 45.0 Å². The van der Waals surface area contributed by atoms with Crippen molar-refractivity contribution < 1.29 is 47.8 Å². The Morgan fingerprint density at radius 3 is 1.33 bits per heavy atom. The Bertz CT molecular complexity index is 1380. The number of fused-ring (bicyclic) bond motifs is 6. The molecule has 0 radical (unpaired) electrons. The second-order valence-electron chi connectivity index (χ2n) is 6.55. The molecule has 11 heteroatoms. The molecule has 0 spiro atoms. The summed E-state index contributed by atoms with van der Waals surface area (Å²) in [6.07, 6.45) is 3.17. The Labute approximate surface area is 205 Å². The predicted molar refractivity (Wildman–Crippen MR) is 115 cm³/mol. The van der Waals surface area contributed by atoms with Crippen molar-refractivity contribution in [2.24, 2.45) is 0 Å². The Morgan fingerprint density at radius 2 is 0.939 bits per heavy atom. The molecule has 0 amide bonds. The smallest absolute Gasteiger partial charge is 0.621 e. The van der Waals surface area contributed by atoms with Gasteiger partial charge >= 0.3 is 27.3 Å². The van der Waals surface area contributed by atoms with Gasteiger partial charge in [-0.1, -0.05) is 23.5 Å². The maximum atomic E-state index is 11.8. The predicted octanol–water partition coefficient (Wildman–Crippen LogP) is -0.626. The van der Waals surface area contributed by atoms with Crippen LogP contribution in [0.1, 0.15) is 31.8 Å². The molecule has 10 nitrogen and oxygen atoms in total. The number of ketones is 2. The van der Waals surface area contributed by atoms with Gasteiger partial charge in [-0.05, 0) is 36.4 Å².